The highest BCUT2D eigenvalue weighted by molar-refractivity contribution is 5.68. The van der Waals surface area contributed by atoms with Crippen molar-refractivity contribution < 1.29 is 23.0 Å². The summed E-state index contributed by atoms with van der Waals surface area (Å²) in [4.78, 5) is 13.6. The number of ether oxygens (including phenoxy) is 2. The van der Waals surface area contributed by atoms with Gasteiger partial charge in [0.05, 0.1) is 0 Å². The zero-order chi connectivity index (χ0) is 17.0. The first-order valence-electron chi connectivity index (χ1n) is 7.52. The lowest BCUT2D eigenvalue weighted by atomic mass is 10.2. The van der Waals surface area contributed by atoms with E-state index in [4.69, 9.17) is 4.74 Å². The lowest BCUT2D eigenvalue weighted by Gasteiger charge is -2.24. The van der Waals surface area contributed by atoms with Gasteiger partial charge in [0.1, 0.15) is 11.4 Å². The Bertz CT molecular complexity index is 546. The van der Waals surface area contributed by atoms with E-state index >= 15 is 0 Å². The monoisotopic (exact) mass is 328 g/mol. The minimum absolute atomic E-state index is 0.0457. The Morgan fingerprint density at radius 3 is 2.78 bits per heavy atom. The quantitative estimate of drug-likeness (QED) is 0.915. The molecule has 0 aromatic heterocycles. The number of likely N-dealkylation sites (tertiary alicyclic amines) is 1. The van der Waals surface area contributed by atoms with Crippen LogP contribution in [0.25, 0.3) is 0 Å². The molecule has 23 heavy (non-hydrogen) atoms. The van der Waals surface area contributed by atoms with Crippen LogP contribution in [-0.2, 0) is 4.74 Å². The largest absolute Gasteiger partial charge is 0.444 e. The fourth-order valence-electron chi connectivity index (χ4n) is 2.37. The van der Waals surface area contributed by atoms with Crippen molar-refractivity contribution in [3.8, 4) is 5.75 Å². The van der Waals surface area contributed by atoms with Gasteiger partial charge in [-0.3, -0.25) is 0 Å². The average molecular weight is 328 g/mol. The first kappa shape index (κ1) is 17.3. The summed E-state index contributed by atoms with van der Waals surface area (Å²) in [5.74, 6) is 0.104. The second-order valence-corrected chi connectivity index (χ2v) is 6.46. The number of halogens is 2. The van der Waals surface area contributed by atoms with E-state index in [9.17, 15) is 13.6 Å². The summed E-state index contributed by atoms with van der Waals surface area (Å²) >= 11 is 0. The van der Waals surface area contributed by atoms with Gasteiger partial charge in [-0.1, -0.05) is 6.07 Å². The van der Waals surface area contributed by atoms with Crippen molar-refractivity contribution in [2.24, 2.45) is 0 Å². The Morgan fingerprint density at radius 2 is 2.13 bits per heavy atom. The molecule has 1 atom stereocenters. The fourth-order valence-corrected chi connectivity index (χ4v) is 2.37. The molecule has 1 N–H and O–H groups in total. The molecule has 0 aliphatic carbocycles. The summed E-state index contributed by atoms with van der Waals surface area (Å²) in [6.45, 7) is 3.73. The van der Waals surface area contributed by atoms with E-state index in [2.05, 4.69) is 10.1 Å². The van der Waals surface area contributed by atoms with Gasteiger partial charge in [0.25, 0.3) is 0 Å². The molecule has 128 valence electrons. The van der Waals surface area contributed by atoms with Crippen LogP contribution in [0.1, 0.15) is 27.2 Å². The van der Waals surface area contributed by atoms with Crippen molar-refractivity contribution in [1.29, 1.82) is 0 Å². The highest BCUT2D eigenvalue weighted by Crippen LogP contribution is 2.22. The first-order valence-corrected chi connectivity index (χ1v) is 7.52. The van der Waals surface area contributed by atoms with Crippen molar-refractivity contribution in [1.82, 2.24) is 4.90 Å². The third-order valence-electron chi connectivity index (χ3n) is 3.27. The number of hydrogen-bond donors (Lipinski definition) is 1. The van der Waals surface area contributed by atoms with Gasteiger partial charge in [0.2, 0.25) is 0 Å². The van der Waals surface area contributed by atoms with Crippen LogP contribution >= 0.6 is 0 Å². The van der Waals surface area contributed by atoms with Crippen LogP contribution in [0.15, 0.2) is 24.3 Å². The van der Waals surface area contributed by atoms with Gasteiger partial charge in [-0.05, 0) is 39.3 Å². The lowest BCUT2D eigenvalue weighted by Crippen LogP contribution is -2.36. The normalized spacial score (nSPS) is 18.2. The van der Waals surface area contributed by atoms with Crippen LogP contribution in [0, 0.1) is 0 Å². The lowest BCUT2D eigenvalue weighted by molar-refractivity contribution is -0.0498. The van der Waals surface area contributed by atoms with Gasteiger partial charge >= 0.3 is 12.7 Å². The zero-order valence-corrected chi connectivity index (χ0v) is 13.5. The molecule has 5 nitrogen and oxygen atoms in total. The van der Waals surface area contributed by atoms with E-state index < -0.39 is 12.2 Å². The Hall–Kier alpha value is -2.05. The number of alkyl halides is 2. The number of carbonyl (C=O) groups is 1. The third-order valence-corrected chi connectivity index (χ3v) is 3.27. The highest BCUT2D eigenvalue weighted by atomic mass is 19.3. The summed E-state index contributed by atoms with van der Waals surface area (Å²) in [6.07, 6.45) is 0.427. The Balaban J connectivity index is 1.89. The van der Waals surface area contributed by atoms with E-state index in [0.717, 1.165) is 6.42 Å². The predicted molar refractivity (Wildman–Crippen MR) is 82.9 cm³/mol. The number of hydrogen-bond acceptors (Lipinski definition) is 4. The number of amides is 1. The van der Waals surface area contributed by atoms with E-state index in [1.807, 2.05) is 20.8 Å². The second-order valence-electron chi connectivity index (χ2n) is 6.46. The highest BCUT2D eigenvalue weighted by Gasteiger charge is 2.29. The number of benzene rings is 1. The topological polar surface area (TPSA) is 50.8 Å². The molecule has 1 aromatic rings. The fraction of sp³-hybridized carbons (Fsp3) is 0.562. The number of anilines is 1. The van der Waals surface area contributed by atoms with Crippen LogP contribution in [0.5, 0.6) is 5.75 Å². The minimum atomic E-state index is -2.85. The van der Waals surface area contributed by atoms with E-state index in [1.54, 1.807) is 17.0 Å². The molecule has 1 aliphatic heterocycles. The van der Waals surface area contributed by atoms with Crippen molar-refractivity contribution in [3.63, 3.8) is 0 Å². The number of nitrogens with one attached hydrogen (secondary N) is 1. The van der Waals surface area contributed by atoms with Crippen molar-refractivity contribution >= 4 is 11.8 Å². The van der Waals surface area contributed by atoms with E-state index in [1.165, 1.54) is 12.1 Å². The van der Waals surface area contributed by atoms with Gasteiger partial charge in [-0.25, -0.2) is 4.79 Å². The minimum Gasteiger partial charge on any atom is -0.444 e. The Morgan fingerprint density at radius 1 is 1.39 bits per heavy atom. The standard InChI is InChI=1S/C16H22F2N2O3/c1-16(2,3)23-15(21)20-8-7-12(10-20)19-11-5-4-6-13(9-11)22-14(17)18/h4-6,9,12,14,19H,7-8,10H2,1-3H3. The Kier molecular flexibility index (Phi) is 5.28. The van der Waals surface area contributed by atoms with Gasteiger partial charge < -0.3 is 19.7 Å². The molecule has 1 saturated heterocycles. The van der Waals surface area contributed by atoms with Crippen molar-refractivity contribution in [2.75, 3.05) is 18.4 Å². The van der Waals surface area contributed by atoms with Crippen LogP contribution in [-0.4, -0.2) is 42.3 Å². The second kappa shape index (κ2) is 7.02. The average Bonchev–Trinajstić information content (AvgIpc) is 2.85. The molecular formula is C16H22F2N2O3. The molecule has 1 amide bonds. The maximum absolute atomic E-state index is 12.2. The van der Waals surface area contributed by atoms with Gasteiger partial charge in [0.15, 0.2) is 0 Å². The van der Waals surface area contributed by atoms with Crippen molar-refractivity contribution in [2.45, 2.75) is 45.4 Å². The van der Waals surface area contributed by atoms with Crippen LogP contribution < -0.4 is 10.1 Å². The first-order chi connectivity index (χ1) is 10.7. The predicted octanol–water partition coefficient (Wildman–Crippen LogP) is 3.71. The molecule has 1 aromatic carbocycles. The van der Waals surface area contributed by atoms with Gasteiger partial charge in [-0.15, -0.1) is 0 Å². The van der Waals surface area contributed by atoms with E-state index in [0.29, 0.717) is 18.8 Å². The molecule has 1 heterocycles. The van der Waals surface area contributed by atoms with Crippen molar-refractivity contribution in [3.05, 3.63) is 24.3 Å². The maximum atomic E-state index is 12.2. The van der Waals surface area contributed by atoms with Gasteiger partial charge in [-0.2, -0.15) is 8.78 Å². The molecule has 0 saturated carbocycles. The van der Waals surface area contributed by atoms with Crippen LogP contribution in [0.2, 0.25) is 0 Å². The summed E-state index contributed by atoms with van der Waals surface area (Å²) in [6, 6.07) is 6.44. The third kappa shape index (κ3) is 5.58. The van der Waals surface area contributed by atoms with Crippen LogP contribution in [0.4, 0.5) is 19.3 Å². The smallest absolute Gasteiger partial charge is 0.410 e. The Labute approximate surface area is 134 Å². The number of rotatable bonds is 4. The summed E-state index contributed by atoms with van der Waals surface area (Å²) in [5.41, 5.74) is 0.156. The molecule has 2 rings (SSSR count). The molecule has 1 aliphatic rings. The molecule has 0 radical (unpaired) electrons. The summed E-state index contributed by atoms with van der Waals surface area (Å²) in [5, 5.41) is 3.23. The zero-order valence-electron chi connectivity index (χ0n) is 13.5. The summed E-state index contributed by atoms with van der Waals surface area (Å²) < 4.78 is 34.2. The van der Waals surface area contributed by atoms with E-state index in [-0.39, 0.29) is 17.9 Å². The number of carbonyl (C=O) groups excluding carboxylic acids is 1. The molecule has 1 unspecified atom stereocenters. The molecule has 0 spiro atoms. The SMILES string of the molecule is CC(C)(C)OC(=O)N1CCC(Nc2cccc(OC(F)F)c2)C1. The molecule has 0 bridgehead atoms. The number of nitrogens with zero attached hydrogens (tertiary/aromatic N) is 1. The van der Waals surface area contributed by atoms with Gasteiger partial charge in [0, 0.05) is 30.9 Å². The molecule has 1 fully saturated rings. The maximum Gasteiger partial charge on any atom is 0.410 e. The molecule has 7 heteroatoms. The van der Waals surface area contributed by atoms with Crippen LogP contribution in [0.3, 0.4) is 0 Å². The summed E-state index contributed by atoms with van der Waals surface area (Å²) in [7, 11) is 0. The molecular weight excluding hydrogens is 306 g/mol.